The summed E-state index contributed by atoms with van der Waals surface area (Å²) < 4.78 is 42.0. The van der Waals surface area contributed by atoms with Crippen LogP contribution in [0.4, 0.5) is 18.9 Å². The van der Waals surface area contributed by atoms with Crippen LogP contribution in [0.5, 0.6) is 0 Å². The standard InChI is InChI=1S/C30H38F3N5O2/c1-19-16-38(27(28(34)39)20-4-3-5-20)18-23-14-21(7-9-25(19)23)29(40)35-24-8-6-22(26(15-24)30(31,32)33)17-37-12-10-36(2)11-13-37/h6-9,14-15,19-20,27H,3-5,10-13,16-18H2,1-2H3,(H2,34,39)(H,35,40)/t19-,27?/m0/s1. The largest absolute Gasteiger partial charge is 0.416 e. The van der Waals surface area contributed by atoms with Crippen LogP contribution in [0.2, 0.25) is 0 Å². The molecule has 0 bridgehead atoms. The van der Waals surface area contributed by atoms with Crippen molar-refractivity contribution in [1.82, 2.24) is 14.7 Å². The van der Waals surface area contributed by atoms with E-state index in [9.17, 15) is 22.8 Å². The number of carbonyl (C=O) groups excluding carboxylic acids is 2. The van der Waals surface area contributed by atoms with Gasteiger partial charge in [0.2, 0.25) is 5.91 Å². The Morgan fingerprint density at radius 2 is 1.80 bits per heavy atom. The summed E-state index contributed by atoms with van der Waals surface area (Å²) in [6.07, 6.45) is -1.46. The highest BCUT2D eigenvalue weighted by atomic mass is 19.4. The van der Waals surface area contributed by atoms with E-state index < -0.39 is 17.6 Å². The SMILES string of the molecule is C[C@H]1CN(C(C(N)=O)C2CCC2)Cc2cc(C(=O)Nc3ccc(CN4CCN(C)CC4)c(C(F)(F)F)c3)ccc21. The van der Waals surface area contributed by atoms with Crippen molar-refractivity contribution >= 4 is 17.5 Å². The van der Waals surface area contributed by atoms with Crippen molar-refractivity contribution in [2.45, 2.75) is 57.4 Å². The smallest absolute Gasteiger partial charge is 0.368 e. The molecule has 2 amide bonds. The highest BCUT2D eigenvalue weighted by Crippen LogP contribution is 2.38. The van der Waals surface area contributed by atoms with Crippen molar-refractivity contribution in [3.8, 4) is 0 Å². The molecule has 2 aromatic rings. The first-order valence-electron chi connectivity index (χ1n) is 14.1. The van der Waals surface area contributed by atoms with E-state index in [1.54, 1.807) is 12.1 Å². The number of primary amides is 1. The summed E-state index contributed by atoms with van der Waals surface area (Å²) in [5.74, 6) is -0.367. The summed E-state index contributed by atoms with van der Waals surface area (Å²) in [5.41, 5.74) is 7.78. The number of hydrogen-bond donors (Lipinski definition) is 2. The lowest BCUT2D eigenvalue weighted by Crippen LogP contribution is -2.53. The van der Waals surface area contributed by atoms with Crippen LogP contribution >= 0.6 is 0 Å². The van der Waals surface area contributed by atoms with Crippen LogP contribution in [0.1, 0.15) is 64.7 Å². The average Bonchev–Trinajstić information content (AvgIpc) is 2.87. The second-order valence-electron chi connectivity index (χ2n) is 11.7. The first-order chi connectivity index (χ1) is 19.0. The van der Waals surface area contributed by atoms with Crippen LogP contribution in [0.15, 0.2) is 36.4 Å². The van der Waals surface area contributed by atoms with Crippen LogP contribution in [-0.2, 0) is 24.1 Å². The number of likely N-dealkylation sites (N-methyl/N-ethyl adjacent to an activating group) is 1. The molecule has 216 valence electrons. The quantitative estimate of drug-likeness (QED) is 0.531. The van der Waals surface area contributed by atoms with E-state index in [0.29, 0.717) is 31.7 Å². The van der Waals surface area contributed by atoms with Gasteiger partial charge in [-0.15, -0.1) is 0 Å². The Morgan fingerprint density at radius 3 is 2.42 bits per heavy atom. The van der Waals surface area contributed by atoms with E-state index in [1.807, 2.05) is 18.0 Å². The maximum atomic E-state index is 14.0. The number of alkyl halides is 3. The fourth-order valence-electron chi connectivity index (χ4n) is 6.28. The van der Waals surface area contributed by atoms with E-state index in [-0.39, 0.29) is 41.6 Å². The van der Waals surface area contributed by atoms with Gasteiger partial charge in [0.05, 0.1) is 11.6 Å². The Bertz CT molecular complexity index is 1250. The Hall–Kier alpha value is -2.95. The maximum Gasteiger partial charge on any atom is 0.416 e. The monoisotopic (exact) mass is 557 g/mol. The third kappa shape index (κ3) is 6.19. The maximum absolute atomic E-state index is 14.0. The minimum Gasteiger partial charge on any atom is -0.368 e. The van der Waals surface area contributed by atoms with Gasteiger partial charge in [-0.3, -0.25) is 19.4 Å². The molecule has 5 rings (SSSR count). The highest BCUT2D eigenvalue weighted by molar-refractivity contribution is 6.04. The molecule has 1 aliphatic carbocycles. The fraction of sp³-hybridized carbons (Fsp3) is 0.533. The number of anilines is 1. The van der Waals surface area contributed by atoms with E-state index in [2.05, 4.69) is 22.0 Å². The lowest BCUT2D eigenvalue weighted by atomic mass is 9.77. The number of rotatable bonds is 7. The summed E-state index contributed by atoms with van der Waals surface area (Å²) >= 11 is 0. The molecule has 1 saturated carbocycles. The third-order valence-electron chi connectivity index (χ3n) is 8.76. The van der Waals surface area contributed by atoms with Gasteiger partial charge in [0.25, 0.3) is 5.91 Å². The molecule has 2 aliphatic heterocycles. The highest BCUT2D eigenvalue weighted by Gasteiger charge is 2.38. The molecule has 3 N–H and O–H groups in total. The van der Waals surface area contributed by atoms with Crippen LogP contribution in [0.3, 0.4) is 0 Å². The summed E-state index contributed by atoms with van der Waals surface area (Å²) in [6.45, 7) is 6.57. The second-order valence-corrected chi connectivity index (χ2v) is 11.7. The second kappa shape index (κ2) is 11.5. The molecule has 0 spiro atoms. The van der Waals surface area contributed by atoms with Crippen LogP contribution in [0, 0.1) is 5.92 Å². The number of amides is 2. The van der Waals surface area contributed by atoms with Crippen molar-refractivity contribution < 1.29 is 22.8 Å². The zero-order valence-electron chi connectivity index (χ0n) is 23.1. The molecule has 10 heteroatoms. The summed E-state index contributed by atoms with van der Waals surface area (Å²) in [6, 6.07) is 9.12. The van der Waals surface area contributed by atoms with Crippen LogP contribution in [0.25, 0.3) is 0 Å². The molecule has 0 radical (unpaired) electrons. The van der Waals surface area contributed by atoms with E-state index in [4.69, 9.17) is 5.73 Å². The van der Waals surface area contributed by atoms with Gasteiger partial charge in [-0.1, -0.05) is 25.5 Å². The Labute approximate surface area is 233 Å². The number of carbonyl (C=O) groups is 2. The van der Waals surface area contributed by atoms with Crippen LogP contribution in [-0.4, -0.2) is 72.3 Å². The average molecular weight is 558 g/mol. The molecule has 1 unspecified atom stereocenters. The van der Waals surface area contributed by atoms with Gasteiger partial charge in [0, 0.05) is 57.1 Å². The Balaban J connectivity index is 1.32. The summed E-state index contributed by atoms with van der Waals surface area (Å²) in [4.78, 5) is 31.8. The number of halogens is 3. The van der Waals surface area contributed by atoms with E-state index in [0.717, 1.165) is 49.5 Å². The molecule has 2 atom stereocenters. The van der Waals surface area contributed by atoms with E-state index in [1.165, 1.54) is 12.1 Å². The van der Waals surface area contributed by atoms with Crippen molar-refractivity contribution in [1.29, 1.82) is 0 Å². The van der Waals surface area contributed by atoms with Gasteiger partial charge in [-0.05, 0) is 72.7 Å². The molecule has 40 heavy (non-hydrogen) atoms. The lowest BCUT2D eigenvalue weighted by Gasteiger charge is -2.43. The lowest BCUT2D eigenvalue weighted by molar-refractivity contribution is -0.138. The van der Waals surface area contributed by atoms with Crippen molar-refractivity contribution in [3.63, 3.8) is 0 Å². The zero-order chi connectivity index (χ0) is 28.6. The number of hydrogen-bond acceptors (Lipinski definition) is 5. The van der Waals surface area contributed by atoms with E-state index >= 15 is 0 Å². The predicted octanol–water partition coefficient (Wildman–Crippen LogP) is 4.28. The zero-order valence-corrected chi connectivity index (χ0v) is 23.1. The molecule has 1 saturated heterocycles. The van der Waals surface area contributed by atoms with Gasteiger partial charge >= 0.3 is 6.18 Å². The Kier molecular flexibility index (Phi) is 8.22. The molecule has 2 aromatic carbocycles. The van der Waals surface area contributed by atoms with Crippen molar-refractivity contribution in [2.75, 3.05) is 45.1 Å². The molecular formula is C30H38F3N5O2. The number of fused-ring (bicyclic) bond motifs is 1. The molecule has 2 heterocycles. The predicted molar refractivity (Wildman–Crippen MR) is 148 cm³/mol. The molecule has 3 aliphatic rings. The van der Waals surface area contributed by atoms with Gasteiger partial charge in [-0.2, -0.15) is 13.2 Å². The molecule has 7 nitrogen and oxygen atoms in total. The van der Waals surface area contributed by atoms with Gasteiger partial charge in [-0.25, -0.2) is 0 Å². The summed E-state index contributed by atoms with van der Waals surface area (Å²) in [7, 11) is 2.00. The van der Waals surface area contributed by atoms with Gasteiger partial charge < -0.3 is 16.0 Å². The number of piperazine rings is 1. The van der Waals surface area contributed by atoms with Gasteiger partial charge in [0.15, 0.2) is 0 Å². The number of nitrogens with one attached hydrogen (secondary N) is 1. The minimum absolute atomic E-state index is 0.103. The topological polar surface area (TPSA) is 81.9 Å². The fourth-order valence-corrected chi connectivity index (χ4v) is 6.28. The molecule has 0 aromatic heterocycles. The number of nitrogens with two attached hydrogens (primary N) is 1. The molecule has 2 fully saturated rings. The van der Waals surface area contributed by atoms with Crippen molar-refractivity contribution in [3.05, 3.63) is 64.2 Å². The van der Waals surface area contributed by atoms with Crippen molar-refractivity contribution in [2.24, 2.45) is 11.7 Å². The number of nitrogens with zero attached hydrogens (tertiary/aromatic N) is 3. The third-order valence-corrected chi connectivity index (χ3v) is 8.76. The summed E-state index contributed by atoms with van der Waals surface area (Å²) in [5, 5.41) is 2.67. The first-order valence-corrected chi connectivity index (χ1v) is 14.1. The first kappa shape index (κ1) is 28.6. The Morgan fingerprint density at radius 1 is 1.07 bits per heavy atom. The minimum atomic E-state index is -4.54. The number of benzene rings is 2. The normalized spacial score (nSPS) is 21.9. The molecular weight excluding hydrogens is 519 g/mol. The van der Waals surface area contributed by atoms with Gasteiger partial charge in [0.1, 0.15) is 0 Å². The van der Waals surface area contributed by atoms with Crippen LogP contribution < -0.4 is 11.1 Å².